The average molecular weight is 400 g/mol. The summed E-state index contributed by atoms with van der Waals surface area (Å²) < 4.78 is 6.83. The molecule has 0 bridgehead atoms. The number of nitrogens with one attached hydrogen (secondary N) is 2. The Bertz CT molecular complexity index is 1210. The van der Waals surface area contributed by atoms with Crippen molar-refractivity contribution in [1.82, 2.24) is 9.78 Å². The number of hydrogen-bond donors (Lipinski definition) is 2. The van der Waals surface area contributed by atoms with Crippen molar-refractivity contribution < 1.29 is 14.0 Å². The Morgan fingerprint density at radius 3 is 2.33 bits per heavy atom. The fourth-order valence-electron chi connectivity index (χ4n) is 3.13. The standard InChI is InChI=1S/C23H20N4O3/c1-15-6-3-9-19(12-15)27-16(2)20(14-24-27)22(28)25-17-7-4-8-18(13-17)26-23(29)21-10-5-11-30-21/h3-14H,1-2H3,(H,25,28)(H,26,29). The predicted octanol–water partition coefficient (Wildman–Crippen LogP) is 4.59. The lowest BCUT2D eigenvalue weighted by molar-refractivity contribution is 0.0995. The van der Waals surface area contributed by atoms with Crippen LogP contribution in [0.2, 0.25) is 0 Å². The first kappa shape index (κ1) is 19.2. The van der Waals surface area contributed by atoms with E-state index in [0.29, 0.717) is 16.9 Å². The molecule has 0 saturated carbocycles. The first-order valence-corrected chi connectivity index (χ1v) is 9.39. The number of furan rings is 1. The Morgan fingerprint density at radius 1 is 0.900 bits per heavy atom. The largest absolute Gasteiger partial charge is 0.459 e. The zero-order chi connectivity index (χ0) is 21.1. The van der Waals surface area contributed by atoms with Gasteiger partial charge in [0.05, 0.1) is 29.4 Å². The van der Waals surface area contributed by atoms with Gasteiger partial charge in [-0.1, -0.05) is 18.2 Å². The SMILES string of the molecule is Cc1cccc(-n2ncc(C(=O)Nc3cccc(NC(=O)c4ccco4)c3)c2C)c1. The van der Waals surface area contributed by atoms with Gasteiger partial charge in [0.1, 0.15) is 0 Å². The van der Waals surface area contributed by atoms with Gasteiger partial charge in [0, 0.05) is 11.4 Å². The third-order valence-corrected chi connectivity index (χ3v) is 4.62. The molecule has 2 amide bonds. The van der Waals surface area contributed by atoms with Gasteiger partial charge in [-0.2, -0.15) is 5.10 Å². The first-order valence-electron chi connectivity index (χ1n) is 9.39. The second-order valence-electron chi connectivity index (χ2n) is 6.86. The fraction of sp³-hybridized carbons (Fsp3) is 0.0870. The molecule has 7 nitrogen and oxygen atoms in total. The van der Waals surface area contributed by atoms with Gasteiger partial charge in [-0.05, 0) is 61.9 Å². The number of aryl methyl sites for hydroxylation is 1. The maximum atomic E-state index is 12.8. The Morgan fingerprint density at radius 2 is 1.63 bits per heavy atom. The van der Waals surface area contributed by atoms with Gasteiger partial charge in [-0.25, -0.2) is 4.68 Å². The van der Waals surface area contributed by atoms with E-state index >= 15 is 0 Å². The third kappa shape index (κ3) is 4.00. The highest BCUT2D eigenvalue weighted by molar-refractivity contribution is 6.06. The predicted molar refractivity (Wildman–Crippen MR) is 114 cm³/mol. The van der Waals surface area contributed by atoms with Gasteiger partial charge in [-0.3, -0.25) is 9.59 Å². The van der Waals surface area contributed by atoms with E-state index < -0.39 is 0 Å². The molecule has 0 radical (unpaired) electrons. The molecule has 2 aromatic heterocycles. The summed E-state index contributed by atoms with van der Waals surface area (Å²) in [5, 5.41) is 9.96. The number of carbonyl (C=O) groups excluding carboxylic acids is 2. The molecule has 0 unspecified atom stereocenters. The second-order valence-corrected chi connectivity index (χ2v) is 6.86. The van der Waals surface area contributed by atoms with E-state index in [0.717, 1.165) is 16.9 Å². The highest BCUT2D eigenvalue weighted by Crippen LogP contribution is 2.20. The molecular weight excluding hydrogens is 380 g/mol. The number of carbonyl (C=O) groups is 2. The summed E-state index contributed by atoms with van der Waals surface area (Å²) in [4.78, 5) is 24.9. The van der Waals surface area contributed by atoms with Crippen molar-refractivity contribution in [1.29, 1.82) is 0 Å². The maximum absolute atomic E-state index is 12.8. The number of aromatic nitrogens is 2. The van der Waals surface area contributed by atoms with Crippen LogP contribution in [0.15, 0.2) is 77.5 Å². The Kier molecular flexibility index (Phi) is 5.17. The molecule has 0 atom stereocenters. The van der Waals surface area contributed by atoms with Gasteiger partial charge < -0.3 is 15.1 Å². The Hall–Kier alpha value is -4.13. The molecule has 4 aromatic rings. The summed E-state index contributed by atoms with van der Waals surface area (Å²) in [7, 11) is 0. The molecule has 2 aromatic carbocycles. The molecule has 0 saturated heterocycles. The molecule has 150 valence electrons. The fourth-order valence-corrected chi connectivity index (χ4v) is 3.13. The quantitative estimate of drug-likeness (QED) is 0.513. The topological polar surface area (TPSA) is 89.2 Å². The van der Waals surface area contributed by atoms with Crippen LogP contribution >= 0.6 is 0 Å². The summed E-state index contributed by atoms with van der Waals surface area (Å²) in [5.41, 5.74) is 4.32. The van der Waals surface area contributed by atoms with Gasteiger partial charge >= 0.3 is 0 Å². The van der Waals surface area contributed by atoms with E-state index in [4.69, 9.17) is 4.42 Å². The second kappa shape index (κ2) is 8.08. The molecule has 2 heterocycles. The number of nitrogens with zero attached hydrogens (tertiary/aromatic N) is 2. The Labute approximate surface area is 173 Å². The molecule has 0 aliphatic heterocycles. The number of anilines is 2. The van der Waals surface area contributed by atoms with Crippen LogP contribution < -0.4 is 10.6 Å². The van der Waals surface area contributed by atoms with Crippen molar-refractivity contribution >= 4 is 23.2 Å². The molecule has 0 aliphatic rings. The molecule has 0 fully saturated rings. The molecular formula is C23H20N4O3. The first-order chi connectivity index (χ1) is 14.5. The van der Waals surface area contributed by atoms with Crippen molar-refractivity contribution in [2.75, 3.05) is 10.6 Å². The summed E-state index contributed by atoms with van der Waals surface area (Å²) >= 11 is 0. The molecule has 2 N–H and O–H groups in total. The lowest BCUT2D eigenvalue weighted by Crippen LogP contribution is -2.14. The lowest BCUT2D eigenvalue weighted by Gasteiger charge is -2.09. The van der Waals surface area contributed by atoms with Crippen molar-refractivity contribution in [3.05, 3.63) is 95.7 Å². The molecule has 0 spiro atoms. The van der Waals surface area contributed by atoms with Crippen molar-refractivity contribution in [2.24, 2.45) is 0 Å². The van der Waals surface area contributed by atoms with Crippen LogP contribution in [-0.4, -0.2) is 21.6 Å². The van der Waals surface area contributed by atoms with Crippen LogP contribution in [0.25, 0.3) is 5.69 Å². The number of benzene rings is 2. The summed E-state index contributed by atoms with van der Waals surface area (Å²) in [6, 6.07) is 18.0. The number of amides is 2. The van der Waals surface area contributed by atoms with Crippen LogP contribution in [0.1, 0.15) is 32.2 Å². The van der Waals surface area contributed by atoms with Crippen LogP contribution in [0, 0.1) is 13.8 Å². The number of hydrogen-bond acceptors (Lipinski definition) is 4. The van der Waals surface area contributed by atoms with Gasteiger partial charge in [0.2, 0.25) is 0 Å². The highest BCUT2D eigenvalue weighted by atomic mass is 16.3. The van der Waals surface area contributed by atoms with E-state index in [-0.39, 0.29) is 17.6 Å². The van der Waals surface area contributed by atoms with Gasteiger partial charge in [-0.15, -0.1) is 0 Å². The van der Waals surface area contributed by atoms with Crippen molar-refractivity contribution in [3.8, 4) is 5.69 Å². The minimum absolute atomic E-state index is 0.212. The summed E-state index contributed by atoms with van der Waals surface area (Å²) in [6.07, 6.45) is 2.99. The van der Waals surface area contributed by atoms with Gasteiger partial charge in [0.25, 0.3) is 11.8 Å². The zero-order valence-corrected chi connectivity index (χ0v) is 16.5. The lowest BCUT2D eigenvalue weighted by atomic mass is 10.2. The molecule has 30 heavy (non-hydrogen) atoms. The van der Waals surface area contributed by atoms with E-state index in [1.54, 1.807) is 47.3 Å². The highest BCUT2D eigenvalue weighted by Gasteiger charge is 2.16. The van der Waals surface area contributed by atoms with Crippen LogP contribution in [-0.2, 0) is 0 Å². The van der Waals surface area contributed by atoms with E-state index in [1.807, 2.05) is 38.1 Å². The summed E-state index contributed by atoms with van der Waals surface area (Å²) in [6.45, 7) is 3.86. The van der Waals surface area contributed by atoms with Crippen molar-refractivity contribution in [2.45, 2.75) is 13.8 Å². The number of rotatable bonds is 5. The summed E-state index contributed by atoms with van der Waals surface area (Å²) in [5.74, 6) is -0.428. The zero-order valence-electron chi connectivity index (χ0n) is 16.5. The molecule has 4 rings (SSSR count). The van der Waals surface area contributed by atoms with E-state index in [9.17, 15) is 9.59 Å². The van der Waals surface area contributed by atoms with Crippen LogP contribution in [0.3, 0.4) is 0 Å². The Balaban J connectivity index is 1.50. The molecule has 0 aliphatic carbocycles. The van der Waals surface area contributed by atoms with Crippen LogP contribution in [0.5, 0.6) is 0 Å². The van der Waals surface area contributed by atoms with Gasteiger partial charge in [0.15, 0.2) is 5.76 Å². The third-order valence-electron chi connectivity index (χ3n) is 4.62. The van der Waals surface area contributed by atoms with E-state index in [2.05, 4.69) is 15.7 Å². The normalized spacial score (nSPS) is 10.6. The average Bonchev–Trinajstić information content (AvgIpc) is 3.38. The van der Waals surface area contributed by atoms with E-state index in [1.165, 1.54) is 6.26 Å². The maximum Gasteiger partial charge on any atom is 0.291 e. The monoisotopic (exact) mass is 400 g/mol. The minimum Gasteiger partial charge on any atom is -0.459 e. The van der Waals surface area contributed by atoms with Crippen molar-refractivity contribution in [3.63, 3.8) is 0 Å². The smallest absolute Gasteiger partial charge is 0.291 e. The van der Waals surface area contributed by atoms with Crippen LogP contribution in [0.4, 0.5) is 11.4 Å². The molecule has 7 heteroatoms. The minimum atomic E-state index is -0.362.